The molecule has 0 saturated heterocycles. The van der Waals surface area contributed by atoms with Crippen LogP contribution in [0.3, 0.4) is 0 Å². The molecule has 5 heteroatoms. The highest BCUT2D eigenvalue weighted by atomic mass is 16.3. The number of aliphatic hydroxyl groups is 1. The van der Waals surface area contributed by atoms with E-state index in [0.717, 1.165) is 6.42 Å². The summed E-state index contributed by atoms with van der Waals surface area (Å²) in [5.41, 5.74) is 0. The van der Waals surface area contributed by atoms with Gasteiger partial charge in [0.15, 0.2) is 0 Å². The van der Waals surface area contributed by atoms with Crippen molar-refractivity contribution in [2.45, 2.75) is 32.6 Å². The summed E-state index contributed by atoms with van der Waals surface area (Å²) in [5, 5.41) is 11.1. The smallest absolute Gasteiger partial charge is 0.239 e. The Morgan fingerprint density at radius 1 is 1.31 bits per heavy atom. The monoisotopic (exact) mass is 230 g/mol. The molecule has 0 saturated carbocycles. The zero-order valence-electron chi connectivity index (χ0n) is 10.2. The van der Waals surface area contributed by atoms with Gasteiger partial charge in [-0.2, -0.15) is 0 Å². The van der Waals surface area contributed by atoms with Gasteiger partial charge in [0.25, 0.3) is 0 Å². The predicted molar refractivity (Wildman–Crippen MR) is 61.9 cm³/mol. The molecular weight excluding hydrogens is 208 g/mol. The summed E-state index contributed by atoms with van der Waals surface area (Å²) in [7, 11) is 1.56. The minimum Gasteiger partial charge on any atom is -0.396 e. The van der Waals surface area contributed by atoms with Crippen molar-refractivity contribution in [3.8, 4) is 0 Å². The van der Waals surface area contributed by atoms with Gasteiger partial charge in [-0.05, 0) is 19.3 Å². The SMILES string of the molecule is CCCN(CC(=O)NC)C(=O)CCCCO. The molecule has 0 aliphatic carbocycles. The van der Waals surface area contributed by atoms with Crippen LogP contribution < -0.4 is 5.32 Å². The molecule has 0 aliphatic rings. The van der Waals surface area contributed by atoms with Crippen LogP contribution in [0.1, 0.15) is 32.6 Å². The maximum Gasteiger partial charge on any atom is 0.239 e. The van der Waals surface area contributed by atoms with Crippen molar-refractivity contribution in [2.24, 2.45) is 0 Å². The molecule has 0 aromatic carbocycles. The average molecular weight is 230 g/mol. The summed E-state index contributed by atoms with van der Waals surface area (Å²) in [6.07, 6.45) is 2.54. The van der Waals surface area contributed by atoms with Gasteiger partial charge in [0.05, 0.1) is 6.54 Å². The quantitative estimate of drug-likeness (QED) is 0.582. The Kier molecular flexibility index (Phi) is 8.52. The van der Waals surface area contributed by atoms with Gasteiger partial charge in [0.1, 0.15) is 0 Å². The van der Waals surface area contributed by atoms with Crippen LogP contribution in [0.15, 0.2) is 0 Å². The number of unbranched alkanes of at least 4 members (excludes halogenated alkanes) is 1. The summed E-state index contributed by atoms with van der Waals surface area (Å²) in [6.45, 7) is 2.81. The third-order valence-electron chi connectivity index (χ3n) is 2.26. The van der Waals surface area contributed by atoms with E-state index in [4.69, 9.17) is 5.11 Å². The summed E-state index contributed by atoms with van der Waals surface area (Å²) in [6, 6.07) is 0. The van der Waals surface area contributed by atoms with Crippen LogP contribution in [-0.2, 0) is 9.59 Å². The van der Waals surface area contributed by atoms with Crippen molar-refractivity contribution in [3.63, 3.8) is 0 Å². The lowest BCUT2D eigenvalue weighted by Gasteiger charge is -2.21. The van der Waals surface area contributed by atoms with Crippen molar-refractivity contribution >= 4 is 11.8 Å². The van der Waals surface area contributed by atoms with E-state index in [1.165, 1.54) is 0 Å². The highest BCUT2D eigenvalue weighted by Gasteiger charge is 2.14. The Labute approximate surface area is 96.8 Å². The molecule has 0 atom stereocenters. The van der Waals surface area contributed by atoms with Gasteiger partial charge < -0.3 is 15.3 Å². The van der Waals surface area contributed by atoms with Crippen molar-refractivity contribution < 1.29 is 14.7 Å². The maximum atomic E-state index is 11.7. The largest absolute Gasteiger partial charge is 0.396 e. The third-order valence-corrected chi connectivity index (χ3v) is 2.26. The molecule has 0 heterocycles. The normalized spacial score (nSPS) is 9.94. The Hall–Kier alpha value is -1.10. The van der Waals surface area contributed by atoms with Gasteiger partial charge >= 0.3 is 0 Å². The molecule has 0 bridgehead atoms. The first-order chi connectivity index (χ1) is 7.65. The van der Waals surface area contributed by atoms with E-state index in [2.05, 4.69) is 5.32 Å². The van der Waals surface area contributed by atoms with E-state index in [-0.39, 0.29) is 25.0 Å². The first-order valence-corrected chi connectivity index (χ1v) is 5.74. The molecule has 0 radical (unpaired) electrons. The summed E-state index contributed by atoms with van der Waals surface area (Å²) in [5.74, 6) is -0.164. The second kappa shape index (κ2) is 9.15. The molecule has 0 aromatic rings. The van der Waals surface area contributed by atoms with E-state index in [9.17, 15) is 9.59 Å². The Bertz CT molecular complexity index is 219. The second-order valence-corrected chi connectivity index (χ2v) is 3.67. The summed E-state index contributed by atoms with van der Waals surface area (Å²) >= 11 is 0. The molecular formula is C11H22N2O3. The molecule has 0 unspecified atom stereocenters. The highest BCUT2D eigenvalue weighted by molar-refractivity contribution is 5.84. The average Bonchev–Trinajstić information content (AvgIpc) is 2.28. The molecule has 0 fully saturated rings. The number of rotatable bonds is 8. The first-order valence-electron chi connectivity index (χ1n) is 5.74. The van der Waals surface area contributed by atoms with Crippen molar-refractivity contribution in [1.29, 1.82) is 0 Å². The van der Waals surface area contributed by atoms with Crippen molar-refractivity contribution in [1.82, 2.24) is 10.2 Å². The fourth-order valence-electron chi connectivity index (χ4n) is 1.36. The number of carbonyl (C=O) groups is 2. The lowest BCUT2D eigenvalue weighted by molar-refractivity contribution is -0.136. The maximum absolute atomic E-state index is 11.7. The van der Waals surface area contributed by atoms with E-state index < -0.39 is 0 Å². The van der Waals surface area contributed by atoms with Gasteiger partial charge in [-0.15, -0.1) is 0 Å². The number of carbonyl (C=O) groups excluding carboxylic acids is 2. The summed E-state index contributed by atoms with van der Waals surface area (Å²) in [4.78, 5) is 24.5. The highest BCUT2D eigenvalue weighted by Crippen LogP contribution is 2.01. The Morgan fingerprint density at radius 3 is 2.50 bits per heavy atom. The van der Waals surface area contributed by atoms with E-state index >= 15 is 0 Å². The fourth-order valence-corrected chi connectivity index (χ4v) is 1.36. The molecule has 2 N–H and O–H groups in total. The lowest BCUT2D eigenvalue weighted by Crippen LogP contribution is -2.40. The molecule has 94 valence electrons. The third kappa shape index (κ3) is 6.40. The number of hydrogen-bond donors (Lipinski definition) is 2. The van der Waals surface area contributed by atoms with Crippen LogP contribution in [0.2, 0.25) is 0 Å². The molecule has 0 aliphatic heterocycles. The zero-order chi connectivity index (χ0) is 12.4. The zero-order valence-corrected chi connectivity index (χ0v) is 10.2. The minimum absolute atomic E-state index is 0.0149. The van der Waals surface area contributed by atoms with Gasteiger partial charge in [-0.1, -0.05) is 6.92 Å². The van der Waals surface area contributed by atoms with Gasteiger partial charge in [-0.25, -0.2) is 0 Å². The van der Waals surface area contributed by atoms with E-state index in [1.54, 1.807) is 11.9 Å². The Balaban J connectivity index is 4.07. The van der Waals surface area contributed by atoms with Crippen LogP contribution in [0, 0.1) is 0 Å². The molecule has 0 spiro atoms. The lowest BCUT2D eigenvalue weighted by atomic mass is 10.2. The molecule has 5 nitrogen and oxygen atoms in total. The summed E-state index contributed by atoms with van der Waals surface area (Å²) < 4.78 is 0. The number of aliphatic hydroxyl groups excluding tert-OH is 1. The molecule has 0 aromatic heterocycles. The number of hydrogen-bond acceptors (Lipinski definition) is 3. The van der Waals surface area contributed by atoms with Gasteiger partial charge in [-0.3, -0.25) is 9.59 Å². The molecule has 2 amide bonds. The number of nitrogens with zero attached hydrogens (tertiary/aromatic N) is 1. The standard InChI is InChI=1S/C11H22N2O3/c1-3-7-13(9-10(15)12-2)11(16)6-4-5-8-14/h14H,3-9H2,1-2H3,(H,12,15). The Morgan fingerprint density at radius 2 is 2.00 bits per heavy atom. The topological polar surface area (TPSA) is 69.6 Å². The second-order valence-electron chi connectivity index (χ2n) is 3.67. The minimum atomic E-state index is -0.149. The fraction of sp³-hybridized carbons (Fsp3) is 0.818. The van der Waals surface area contributed by atoms with Crippen LogP contribution >= 0.6 is 0 Å². The molecule has 0 rings (SSSR count). The van der Waals surface area contributed by atoms with Crippen molar-refractivity contribution in [2.75, 3.05) is 26.7 Å². The van der Waals surface area contributed by atoms with Crippen LogP contribution in [-0.4, -0.2) is 48.6 Å². The first kappa shape index (κ1) is 14.9. The number of amides is 2. The van der Waals surface area contributed by atoms with Crippen LogP contribution in [0.5, 0.6) is 0 Å². The predicted octanol–water partition coefficient (Wildman–Crippen LogP) is 0.134. The van der Waals surface area contributed by atoms with Crippen LogP contribution in [0.4, 0.5) is 0 Å². The number of nitrogens with one attached hydrogen (secondary N) is 1. The van der Waals surface area contributed by atoms with Crippen LogP contribution in [0.25, 0.3) is 0 Å². The van der Waals surface area contributed by atoms with E-state index in [1.807, 2.05) is 6.92 Å². The van der Waals surface area contributed by atoms with E-state index in [0.29, 0.717) is 25.8 Å². The van der Waals surface area contributed by atoms with Gasteiger partial charge in [0, 0.05) is 26.6 Å². The van der Waals surface area contributed by atoms with Gasteiger partial charge in [0.2, 0.25) is 11.8 Å². The number of likely N-dealkylation sites (N-methyl/N-ethyl adjacent to an activating group) is 1. The van der Waals surface area contributed by atoms with Crippen molar-refractivity contribution in [3.05, 3.63) is 0 Å². The molecule has 16 heavy (non-hydrogen) atoms.